The molecule has 4 bridgehead atoms. The van der Waals surface area contributed by atoms with Crippen molar-refractivity contribution in [1.82, 2.24) is 20.6 Å². The van der Waals surface area contributed by atoms with Crippen molar-refractivity contribution >= 4 is 11.8 Å². The summed E-state index contributed by atoms with van der Waals surface area (Å²) in [6.07, 6.45) is 12.8. The highest BCUT2D eigenvalue weighted by Crippen LogP contribution is 2.55. The minimum atomic E-state index is -0.219. The second kappa shape index (κ2) is 6.97. The molecule has 4 aliphatic carbocycles. The van der Waals surface area contributed by atoms with Crippen molar-refractivity contribution in [2.24, 2.45) is 17.8 Å². The number of rotatable bonds is 6. The van der Waals surface area contributed by atoms with E-state index in [0.29, 0.717) is 6.42 Å². The molecule has 26 heavy (non-hydrogen) atoms. The number of hydrogen-bond donors (Lipinski definition) is 2. The zero-order chi connectivity index (χ0) is 18.1. The van der Waals surface area contributed by atoms with Crippen molar-refractivity contribution in [2.45, 2.75) is 69.9 Å². The maximum absolute atomic E-state index is 12.5. The molecule has 2 amide bonds. The molecule has 6 nitrogen and oxygen atoms in total. The van der Waals surface area contributed by atoms with Crippen molar-refractivity contribution in [3.63, 3.8) is 0 Å². The lowest BCUT2D eigenvalue weighted by Crippen LogP contribution is -2.60. The Morgan fingerprint density at radius 3 is 2.35 bits per heavy atom. The summed E-state index contributed by atoms with van der Waals surface area (Å²) in [7, 11) is 0. The number of hydrogen-bond acceptors (Lipinski definition) is 4. The van der Waals surface area contributed by atoms with Gasteiger partial charge in [0.05, 0.1) is 5.69 Å². The molecular formula is C20H28N4O2. The number of carbonyl (C=O) groups excluding carboxylic acids is 2. The first kappa shape index (κ1) is 17.4. The van der Waals surface area contributed by atoms with Crippen LogP contribution < -0.4 is 10.6 Å². The van der Waals surface area contributed by atoms with E-state index in [1.165, 1.54) is 19.3 Å². The summed E-state index contributed by atoms with van der Waals surface area (Å²) in [4.78, 5) is 33.0. The Hall–Kier alpha value is -1.98. The highest BCUT2D eigenvalue weighted by atomic mass is 16.2. The van der Waals surface area contributed by atoms with Gasteiger partial charge in [0.1, 0.15) is 6.42 Å². The third kappa shape index (κ3) is 3.89. The van der Waals surface area contributed by atoms with E-state index < -0.39 is 0 Å². The minimum absolute atomic E-state index is 0.0304. The SMILES string of the molecule is C[C@@H](Cc1cnccn1)NC(=O)CC(=O)NC12CC3CC(CC(C3)C1)C2. The average Bonchev–Trinajstić information content (AvgIpc) is 2.53. The van der Waals surface area contributed by atoms with E-state index in [1.54, 1.807) is 18.6 Å². The molecule has 140 valence electrons. The molecule has 0 saturated heterocycles. The molecule has 0 spiro atoms. The Balaban J connectivity index is 1.26. The van der Waals surface area contributed by atoms with E-state index in [2.05, 4.69) is 20.6 Å². The van der Waals surface area contributed by atoms with Crippen LogP contribution in [0.3, 0.4) is 0 Å². The Labute approximate surface area is 154 Å². The maximum Gasteiger partial charge on any atom is 0.229 e. The van der Waals surface area contributed by atoms with Gasteiger partial charge in [0.25, 0.3) is 0 Å². The quantitative estimate of drug-likeness (QED) is 0.764. The van der Waals surface area contributed by atoms with Crippen molar-refractivity contribution in [1.29, 1.82) is 0 Å². The van der Waals surface area contributed by atoms with Gasteiger partial charge in [-0.1, -0.05) is 0 Å². The zero-order valence-corrected chi connectivity index (χ0v) is 15.4. The van der Waals surface area contributed by atoms with Crippen molar-refractivity contribution in [3.05, 3.63) is 24.3 Å². The van der Waals surface area contributed by atoms with Crippen LogP contribution in [0.4, 0.5) is 0 Å². The van der Waals surface area contributed by atoms with Gasteiger partial charge in [0.15, 0.2) is 0 Å². The Bertz CT molecular complexity index is 640. The third-order valence-electron chi connectivity index (χ3n) is 6.30. The van der Waals surface area contributed by atoms with Crippen molar-refractivity contribution < 1.29 is 9.59 Å². The summed E-state index contributed by atoms with van der Waals surface area (Å²) < 4.78 is 0. The molecule has 0 aromatic carbocycles. The van der Waals surface area contributed by atoms with Gasteiger partial charge in [-0.25, -0.2) is 0 Å². The fourth-order valence-corrected chi connectivity index (χ4v) is 5.88. The Kier molecular flexibility index (Phi) is 4.67. The first-order valence-electron chi connectivity index (χ1n) is 9.85. The molecule has 4 fully saturated rings. The second-order valence-electron chi connectivity index (χ2n) is 8.79. The molecule has 5 rings (SSSR count). The Morgan fingerprint density at radius 2 is 1.77 bits per heavy atom. The summed E-state index contributed by atoms with van der Waals surface area (Å²) in [5, 5.41) is 6.16. The molecule has 2 N–H and O–H groups in total. The highest BCUT2D eigenvalue weighted by molar-refractivity contribution is 5.97. The fourth-order valence-electron chi connectivity index (χ4n) is 5.88. The molecule has 6 heteroatoms. The molecule has 0 radical (unpaired) electrons. The van der Waals surface area contributed by atoms with Crippen LogP contribution in [0.5, 0.6) is 0 Å². The molecule has 1 aromatic heterocycles. The van der Waals surface area contributed by atoms with Crippen LogP contribution in [0.25, 0.3) is 0 Å². The van der Waals surface area contributed by atoms with E-state index in [4.69, 9.17) is 0 Å². The van der Waals surface area contributed by atoms with Crippen LogP contribution >= 0.6 is 0 Å². The summed E-state index contributed by atoms with van der Waals surface area (Å²) >= 11 is 0. The molecule has 1 aromatic rings. The van der Waals surface area contributed by atoms with E-state index >= 15 is 0 Å². The standard InChI is InChI=1S/C20H28N4O2/c1-13(4-17-12-21-2-3-22-17)23-18(25)8-19(26)24-20-9-14-5-15(10-20)7-16(6-14)11-20/h2-3,12-16H,4-11H2,1H3,(H,23,25)(H,24,26)/t13-,14?,15?,16?,20?/m0/s1. The van der Waals surface area contributed by atoms with Crippen molar-refractivity contribution in [2.75, 3.05) is 0 Å². The van der Waals surface area contributed by atoms with E-state index in [-0.39, 0.29) is 29.8 Å². The van der Waals surface area contributed by atoms with Crippen LogP contribution in [0.2, 0.25) is 0 Å². The maximum atomic E-state index is 12.5. The smallest absolute Gasteiger partial charge is 0.229 e. The third-order valence-corrected chi connectivity index (χ3v) is 6.30. The molecule has 0 unspecified atom stereocenters. The fraction of sp³-hybridized carbons (Fsp3) is 0.700. The summed E-state index contributed by atoms with van der Waals surface area (Å²) in [6, 6.07) is -0.0773. The monoisotopic (exact) mass is 356 g/mol. The predicted molar refractivity (Wildman–Crippen MR) is 97.0 cm³/mol. The summed E-state index contributed by atoms with van der Waals surface area (Å²) in [6.45, 7) is 1.92. The van der Waals surface area contributed by atoms with E-state index in [1.807, 2.05) is 6.92 Å². The summed E-state index contributed by atoms with van der Waals surface area (Å²) in [5.74, 6) is 1.99. The van der Waals surface area contributed by atoms with Crippen LogP contribution in [0.15, 0.2) is 18.6 Å². The molecule has 1 atom stereocenters. The van der Waals surface area contributed by atoms with Crippen LogP contribution in [0.1, 0.15) is 57.6 Å². The molecular weight excluding hydrogens is 328 g/mol. The number of aromatic nitrogens is 2. The van der Waals surface area contributed by atoms with Gasteiger partial charge >= 0.3 is 0 Å². The molecule has 0 aliphatic heterocycles. The van der Waals surface area contributed by atoms with Gasteiger partial charge in [-0.05, 0) is 63.2 Å². The zero-order valence-electron chi connectivity index (χ0n) is 15.4. The van der Waals surface area contributed by atoms with Gasteiger partial charge in [0.2, 0.25) is 11.8 Å². The lowest BCUT2D eigenvalue weighted by atomic mass is 9.53. The molecule has 4 saturated carbocycles. The Morgan fingerprint density at radius 1 is 1.12 bits per heavy atom. The average molecular weight is 356 g/mol. The molecule has 4 aliphatic rings. The highest BCUT2D eigenvalue weighted by Gasteiger charge is 2.51. The first-order chi connectivity index (χ1) is 12.5. The summed E-state index contributed by atoms with van der Waals surface area (Å²) in [5.41, 5.74) is 0.801. The number of amides is 2. The normalized spacial score (nSPS) is 32.9. The lowest BCUT2D eigenvalue weighted by Gasteiger charge is -2.56. The van der Waals surface area contributed by atoms with Gasteiger partial charge < -0.3 is 10.6 Å². The van der Waals surface area contributed by atoms with Gasteiger partial charge in [-0.3, -0.25) is 19.6 Å². The topological polar surface area (TPSA) is 84.0 Å². The van der Waals surface area contributed by atoms with Gasteiger partial charge in [-0.15, -0.1) is 0 Å². The van der Waals surface area contributed by atoms with E-state index in [0.717, 1.165) is 42.7 Å². The van der Waals surface area contributed by atoms with E-state index in [9.17, 15) is 9.59 Å². The molecule has 1 heterocycles. The minimum Gasteiger partial charge on any atom is -0.353 e. The number of carbonyl (C=O) groups is 2. The van der Waals surface area contributed by atoms with Crippen LogP contribution in [-0.4, -0.2) is 33.4 Å². The number of nitrogens with zero attached hydrogens (tertiary/aromatic N) is 2. The van der Waals surface area contributed by atoms with Crippen LogP contribution in [0, 0.1) is 17.8 Å². The van der Waals surface area contributed by atoms with Gasteiger partial charge in [-0.2, -0.15) is 0 Å². The largest absolute Gasteiger partial charge is 0.353 e. The lowest BCUT2D eigenvalue weighted by molar-refractivity contribution is -0.132. The number of nitrogens with one attached hydrogen (secondary N) is 2. The first-order valence-corrected chi connectivity index (χ1v) is 9.85. The second-order valence-corrected chi connectivity index (χ2v) is 8.79. The van der Waals surface area contributed by atoms with Crippen molar-refractivity contribution in [3.8, 4) is 0 Å². The predicted octanol–water partition coefficient (Wildman–Crippen LogP) is 2.00. The van der Waals surface area contributed by atoms with Crippen LogP contribution in [-0.2, 0) is 16.0 Å². The van der Waals surface area contributed by atoms with Gasteiger partial charge in [0, 0.05) is 36.6 Å².